The van der Waals surface area contributed by atoms with Gasteiger partial charge < -0.3 is 10.5 Å². The van der Waals surface area contributed by atoms with Gasteiger partial charge in [0, 0.05) is 23.5 Å². The SMILES string of the molecule is COc1ccc(-c2cc(C(F)(F)F)nn2-c2ccc(N)cc2)cn1. The minimum Gasteiger partial charge on any atom is -0.481 e. The Balaban J connectivity index is 2.15. The van der Waals surface area contributed by atoms with Gasteiger partial charge >= 0.3 is 6.18 Å². The van der Waals surface area contributed by atoms with E-state index in [-0.39, 0.29) is 5.69 Å². The van der Waals surface area contributed by atoms with E-state index in [2.05, 4.69) is 10.1 Å². The number of hydrogen-bond donors (Lipinski definition) is 1. The fourth-order valence-electron chi connectivity index (χ4n) is 2.19. The lowest BCUT2D eigenvalue weighted by atomic mass is 10.2. The zero-order valence-electron chi connectivity index (χ0n) is 12.6. The molecule has 3 aromatic rings. The molecule has 0 fully saturated rings. The number of aromatic nitrogens is 3. The van der Waals surface area contributed by atoms with Crippen LogP contribution >= 0.6 is 0 Å². The van der Waals surface area contributed by atoms with Gasteiger partial charge in [-0.15, -0.1) is 0 Å². The third-order valence-electron chi connectivity index (χ3n) is 3.38. The molecule has 124 valence electrons. The molecule has 1 aromatic carbocycles. The maximum absolute atomic E-state index is 13.1. The molecule has 0 bridgehead atoms. The van der Waals surface area contributed by atoms with Gasteiger partial charge in [0.1, 0.15) is 0 Å². The summed E-state index contributed by atoms with van der Waals surface area (Å²) >= 11 is 0. The molecule has 2 N–H and O–H groups in total. The number of methoxy groups -OCH3 is 1. The minimum absolute atomic E-state index is 0.266. The molecule has 24 heavy (non-hydrogen) atoms. The standard InChI is InChI=1S/C16H13F3N4O/c1-24-15-7-2-10(9-21-15)13-8-14(16(17,18)19)22-23(13)12-5-3-11(20)4-6-12/h2-9H,20H2,1H3. The molecule has 0 radical (unpaired) electrons. The molecule has 0 spiro atoms. The lowest BCUT2D eigenvalue weighted by molar-refractivity contribution is -0.141. The van der Waals surface area contributed by atoms with Crippen molar-refractivity contribution < 1.29 is 17.9 Å². The second-order valence-corrected chi connectivity index (χ2v) is 5.01. The van der Waals surface area contributed by atoms with E-state index in [1.165, 1.54) is 18.0 Å². The number of alkyl halides is 3. The molecule has 0 atom stereocenters. The summed E-state index contributed by atoms with van der Waals surface area (Å²) in [5.41, 5.74) is 6.37. The van der Waals surface area contributed by atoms with E-state index in [1.54, 1.807) is 36.4 Å². The van der Waals surface area contributed by atoms with Crippen LogP contribution in [0.3, 0.4) is 0 Å². The molecule has 3 rings (SSSR count). The van der Waals surface area contributed by atoms with Gasteiger partial charge in [0.2, 0.25) is 5.88 Å². The zero-order chi connectivity index (χ0) is 17.3. The predicted molar refractivity (Wildman–Crippen MR) is 82.8 cm³/mol. The average molecular weight is 334 g/mol. The number of nitrogen functional groups attached to an aromatic ring is 1. The van der Waals surface area contributed by atoms with Crippen LogP contribution in [0.4, 0.5) is 18.9 Å². The number of anilines is 1. The lowest BCUT2D eigenvalue weighted by Crippen LogP contribution is -2.07. The Kier molecular flexibility index (Phi) is 3.88. The van der Waals surface area contributed by atoms with E-state index in [9.17, 15) is 13.2 Å². The maximum atomic E-state index is 13.1. The second-order valence-electron chi connectivity index (χ2n) is 5.01. The lowest BCUT2D eigenvalue weighted by Gasteiger charge is -2.08. The molecular weight excluding hydrogens is 321 g/mol. The Morgan fingerprint density at radius 3 is 2.33 bits per heavy atom. The first-order valence-corrected chi connectivity index (χ1v) is 6.92. The molecule has 0 saturated heterocycles. The number of ether oxygens (including phenoxy) is 1. The molecular formula is C16H13F3N4O. The van der Waals surface area contributed by atoms with Crippen LogP contribution in [0.5, 0.6) is 5.88 Å². The van der Waals surface area contributed by atoms with Crippen molar-refractivity contribution in [2.45, 2.75) is 6.18 Å². The summed E-state index contributed by atoms with van der Waals surface area (Å²) in [6, 6.07) is 10.6. The Hall–Kier alpha value is -3.03. The highest BCUT2D eigenvalue weighted by molar-refractivity contribution is 5.63. The fourth-order valence-corrected chi connectivity index (χ4v) is 2.19. The number of hydrogen-bond acceptors (Lipinski definition) is 4. The predicted octanol–water partition coefficient (Wildman–Crippen LogP) is 3.54. The molecule has 0 unspecified atom stereocenters. The molecule has 0 saturated carbocycles. The Labute approximate surface area is 135 Å². The molecule has 5 nitrogen and oxygen atoms in total. The van der Waals surface area contributed by atoms with Crippen LogP contribution in [-0.2, 0) is 6.18 Å². The quantitative estimate of drug-likeness (QED) is 0.744. The number of nitrogens with two attached hydrogens (primary N) is 1. The first-order chi connectivity index (χ1) is 11.4. The van der Waals surface area contributed by atoms with Crippen molar-refractivity contribution in [3.05, 3.63) is 54.4 Å². The number of nitrogens with zero attached hydrogens (tertiary/aromatic N) is 3. The largest absolute Gasteiger partial charge is 0.481 e. The van der Waals surface area contributed by atoms with Gasteiger partial charge in [0.25, 0.3) is 0 Å². The minimum atomic E-state index is -4.55. The van der Waals surface area contributed by atoms with Crippen LogP contribution in [0.1, 0.15) is 5.69 Å². The van der Waals surface area contributed by atoms with E-state index >= 15 is 0 Å². The second kappa shape index (κ2) is 5.88. The zero-order valence-corrected chi connectivity index (χ0v) is 12.6. The van der Waals surface area contributed by atoms with Gasteiger partial charge in [0.15, 0.2) is 5.69 Å². The smallest absolute Gasteiger partial charge is 0.435 e. The summed E-state index contributed by atoms with van der Waals surface area (Å²) < 4.78 is 45.4. The molecule has 8 heteroatoms. The van der Waals surface area contributed by atoms with E-state index in [0.717, 1.165) is 6.07 Å². The summed E-state index contributed by atoms with van der Waals surface area (Å²) in [5.74, 6) is 0.369. The number of halogens is 3. The summed E-state index contributed by atoms with van der Waals surface area (Å²) in [6.45, 7) is 0. The summed E-state index contributed by atoms with van der Waals surface area (Å²) in [5, 5.41) is 3.69. The van der Waals surface area contributed by atoms with Gasteiger partial charge in [-0.1, -0.05) is 0 Å². The fraction of sp³-hybridized carbons (Fsp3) is 0.125. The molecule has 0 amide bonds. The Morgan fingerprint density at radius 1 is 1.08 bits per heavy atom. The molecule has 0 aliphatic rings. The van der Waals surface area contributed by atoms with Crippen LogP contribution in [0, 0.1) is 0 Å². The molecule has 0 aliphatic heterocycles. The van der Waals surface area contributed by atoms with Crippen LogP contribution in [0.2, 0.25) is 0 Å². The van der Waals surface area contributed by atoms with E-state index < -0.39 is 11.9 Å². The topological polar surface area (TPSA) is 66.0 Å². The average Bonchev–Trinajstić information content (AvgIpc) is 3.01. The van der Waals surface area contributed by atoms with Crippen molar-refractivity contribution >= 4 is 5.69 Å². The van der Waals surface area contributed by atoms with Crippen molar-refractivity contribution in [3.8, 4) is 22.8 Å². The van der Waals surface area contributed by atoms with Crippen molar-refractivity contribution in [2.24, 2.45) is 0 Å². The van der Waals surface area contributed by atoms with Crippen LogP contribution in [0.15, 0.2) is 48.7 Å². The van der Waals surface area contributed by atoms with Crippen molar-refractivity contribution in [1.82, 2.24) is 14.8 Å². The highest BCUT2D eigenvalue weighted by atomic mass is 19.4. The summed E-state index contributed by atoms with van der Waals surface area (Å²) in [6.07, 6.45) is -3.11. The molecule has 2 aromatic heterocycles. The van der Waals surface area contributed by atoms with Gasteiger partial charge in [-0.25, -0.2) is 9.67 Å². The highest BCUT2D eigenvalue weighted by Gasteiger charge is 2.35. The first kappa shape index (κ1) is 15.9. The van der Waals surface area contributed by atoms with Crippen LogP contribution in [-0.4, -0.2) is 21.9 Å². The van der Waals surface area contributed by atoms with Gasteiger partial charge in [-0.2, -0.15) is 18.3 Å². The van der Waals surface area contributed by atoms with Gasteiger partial charge in [-0.3, -0.25) is 0 Å². The van der Waals surface area contributed by atoms with Gasteiger partial charge in [0.05, 0.1) is 18.5 Å². The molecule has 2 heterocycles. The van der Waals surface area contributed by atoms with Crippen LogP contribution < -0.4 is 10.5 Å². The first-order valence-electron chi connectivity index (χ1n) is 6.92. The highest BCUT2D eigenvalue weighted by Crippen LogP contribution is 2.33. The third-order valence-corrected chi connectivity index (χ3v) is 3.38. The summed E-state index contributed by atoms with van der Waals surface area (Å²) in [4.78, 5) is 4.03. The van der Waals surface area contributed by atoms with E-state index in [0.29, 0.717) is 22.8 Å². The Bertz CT molecular complexity index is 839. The van der Waals surface area contributed by atoms with Crippen LogP contribution in [0.25, 0.3) is 16.9 Å². The Morgan fingerprint density at radius 2 is 1.79 bits per heavy atom. The molecule has 0 aliphatic carbocycles. The number of benzene rings is 1. The van der Waals surface area contributed by atoms with Crippen molar-refractivity contribution in [3.63, 3.8) is 0 Å². The maximum Gasteiger partial charge on any atom is 0.435 e. The summed E-state index contributed by atoms with van der Waals surface area (Å²) in [7, 11) is 1.46. The third kappa shape index (κ3) is 3.03. The van der Waals surface area contributed by atoms with E-state index in [1.807, 2.05) is 0 Å². The van der Waals surface area contributed by atoms with E-state index in [4.69, 9.17) is 10.5 Å². The van der Waals surface area contributed by atoms with Gasteiger partial charge in [-0.05, 0) is 36.4 Å². The monoisotopic (exact) mass is 334 g/mol. The normalized spacial score (nSPS) is 11.5. The number of rotatable bonds is 3. The van der Waals surface area contributed by atoms with Crippen molar-refractivity contribution in [2.75, 3.05) is 12.8 Å². The van der Waals surface area contributed by atoms with Crippen molar-refractivity contribution in [1.29, 1.82) is 0 Å². The number of pyridine rings is 1.